The third-order valence-electron chi connectivity index (χ3n) is 4.18. The van der Waals surface area contributed by atoms with Crippen molar-refractivity contribution in [3.8, 4) is 6.07 Å². The Morgan fingerprint density at radius 2 is 2.19 bits per heavy atom. The van der Waals surface area contributed by atoms with E-state index in [1.807, 2.05) is 0 Å². The topological polar surface area (TPSA) is 36.3 Å². The number of ether oxygens (including phenoxy) is 1. The standard InChI is InChI=1S/C13H22N2O/c1-2-15(9-8-14)12-5-10-16-13(11-12)6-3-4-7-13/h12H,2-7,9-11H2,1H3. The van der Waals surface area contributed by atoms with E-state index < -0.39 is 0 Å². The van der Waals surface area contributed by atoms with Gasteiger partial charge in [-0.1, -0.05) is 19.8 Å². The van der Waals surface area contributed by atoms with Crippen molar-refractivity contribution in [2.45, 2.75) is 57.1 Å². The molecule has 2 aliphatic rings. The molecule has 1 saturated heterocycles. The lowest BCUT2D eigenvalue weighted by molar-refractivity contribution is -0.0997. The summed E-state index contributed by atoms with van der Waals surface area (Å²) in [4.78, 5) is 2.31. The lowest BCUT2D eigenvalue weighted by Crippen LogP contribution is -2.47. The molecule has 2 fully saturated rings. The Labute approximate surface area is 98.4 Å². The summed E-state index contributed by atoms with van der Waals surface area (Å²) in [6.07, 6.45) is 7.33. The molecule has 0 aromatic carbocycles. The maximum atomic E-state index is 8.83. The van der Waals surface area contributed by atoms with Crippen LogP contribution in [0.25, 0.3) is 0 Å². The van der Waals surface area contributed by atoms with Gasteiger partial charge in [-0.2, -0.15) is 5.26 Å². The minimum atomic E-state index is 0.172. The molecule has 1 heterocycles. The normalized spacial score (nSPS) is 28.4. The van der Waals surface area contributed by atoms with E-state index in [4.69, 9.17) is 10.00 Å². The average Bonchev–Trinajstić information content (AvgIpc) is 2.74. The van der Waals surface area contributed by atoms with Gasteiger partial charge < -0.3 is 4.74 Å². The van der Waals surface area contributed by atoms with E-state index >= 15 is 0 Å². The molecule has 2 rings (SSSR count). The van der Waals surface area contributed by atoms with Gasteiger partial charge in [-0.3, -0.25) is 4.90 Å². The van der Waals surface area contributed by atoms with Crippen molar-refractivity contribution in [2.75, 3.05) is 19.7 Å². The highest BCUT2D eigenvalue weighted by atomic mass is 16.5. The molecule has 1 unspecified atom stereocenters. The van der Waals surface area contributed by atoms with Gasteiger partial charge in [0.05, 0.1) is 18.2 Å². The van der Waals surface area contributed by atoms with Gasteiger partial charge in [0.1, 0.15) is 0 Å². The van der Waals surface area contributed by atoms with Crippen LogP contribution < -0.4 is 0 Å². The number of nitrogens with zero attached hydrogens (tertiary/aromatic N) is 2. The number of rotatable bonds is 3. The third kappa shape index (κ3) is 2.39. The van der Waals surface area contributed by atoms with Crippen LogP contribution in [-0.2, 0) is 4.74 Å². The van der Waals surface area contributed by atoms with E-state index in [2.05, 4.69) is 17.9 Å². The van der Waals surface area contributed by atoms with Crippen LogP contribution in [0.1, 0.15) is 45.4 Å². The second-order valence-corrected chi connectivity index (χ2v) is 5.11. The highest BCUT2D eigenvalue weighted by molar-refractivity contribution is 4.95. The Kier molecular flexibility index (Phi) is 3.83. The van der Waals surface area contributed by atoms with Crippen LogP contribution in [0.5, 0.6) is 0 Å². The Morgan fingerprint density at radius 3 is 2.81 bits per heavy atom. The Bertz CT molecular complexity index is 266. The van der Waals surface area contributed by atoms with Gasteiger partial charge in [0.15, 0.2) is 0 Å². The molecule has 0 radical (unpaired) electrons. The summed E-state index contributed by atoms with van der Waals surface area (Å²) in [6, 6.07) is 2.85. The maximum absolute atomic E-state index is 8.83. The van der Waals surface area contributed by atoms with Crippen LogP contribution in [0.2, 0.25) is 0 Å². The van der Waals surface area contributed by atoms with Crippen molar-refractivity contribution in [3.63, 3.8) is 0 Å². The van der Waals surface area contributed by atoms with Crippen molar-refractivity contribution >= 4 is 0 Å². The molecular weight excluding hydrogens is 200 g/mol. The van der Waals surface area contributed by atoms with Gasteiger partial charge in [0, 0.05) is 12.6 Å². The molecule has 1 aliphatic heterocycles. The average molecular weight is 222 g/mol. The molecule has 1 atom stereocenters. The fourth-order valence-electron chi connectivity index (χ4n) is 3.27. The molecule has 0 N–H and O–H groups in total. The zero-order chi connectivity index (χ0) is 11.4. The second kappa shape index (κ2) is 5.16. The highest BCUT2D eigenvalue weighted by Gasteiger charge is 2.41. The lowest BCUT2D eigenvalue weighted by Gasteiger charge is -2.42. The first-order valence-electron chi connectivity index (χ1n) is 6.54. The predicted molar refractivity (Wildman–Crippen MR) is 63.0 cm³/mol. The number of hydrogen-bond donors (Lipinski definition) is 0. The van der Waals surface area contributed by atoms with Gasteiger partial charge in [-0.15, -0.1) is 0 Å². The van der Waals surface area contributed by atoms with Crippen LogP contribution in [-0.4, -0.2) is 36.2 Å². The van der Waals surface area contributed by atoms with E-state index in [9.17, 15) is 0 Å². The van der Waals surface area contributed by atoms with Gasteiger partial charge in [-0.05, 0) is 32.2 Å². The van der Waals surface area contributed by atoms with E-state index in [1.54, 1.807) is 0 Å². The molecule has 16 heavy (non-hydrogen) atoms. The molecule has 0 bridgehead atoms. The maximum Gasteiger partial charge on any atom is 0.0868 e. The Hall–Kier alpha value is -0.590. The van der Waals surface area contributed by atoms with Crippen LogP contribution >= 0.6 is 0 Å². The summed E-state index contributed by atoms with van der Waals surface area (Å²) < 4.78 is 6.02. The van der Waals surface area contributed by atoms with Crippen molar-refractivity contribution in [2.24, 2.45) is 0 Å². The molecular formula is C13H22N2O. The van der Waals surface area contributed by atoms with Crippen LogP contribution in [0.15, 0.2) is 0 Å². The zero-order valence-corrected chi connectivity index (χ0v) is 10.2. The fourth-order valence-corrected chi connectivity index (χ4v) is 3.27. The number of hydrogen-bond acceptors (Lipinski definition) is 3. The van der Waals surface area contributed by atoms with Crippen LogP contribution in [0.3, 0.4) is 0 Å². The fraction of sp³-hybridized carbons (Fsp3) is 0.923. The molecule has 1 aliphatic carbocycles. The van der Waals surface area contributed by atoms with Crippen molar-refractivity contribution in [1.82, 2.24) is 4.90 Å². The minimum absolute atomic E-state index is 0.172. The first-order chi connectivity index (χ1) is 7.79. The minimum Gasteiger partial charge on any atom is -0.375 e. The Morgan fingerprint density at radius 1 is 1.44 bits per heavy atom. The molecule has 3 heteroatoms. The molecule has 0 amide bonds. The summed E-state index contributed by atoms with van der Waals surface area (Å²) in [6.45, 7) is 4.58. The second-order valence-electron chi connectivity index (χ2n) is 5.11. The van der Waals surface area contributed by atoms with E-state index in [1.165, 1.54) is 25.7 Å². The largest absolute Gasteiger partial charge is 0.375 e. The summed E-state index contributed by atoms with van der Waals surface area (Å²) in [5.74, 6) is 0. The summed E-state index contributed by atoms with van der Waals surface area (Å²) in [5, 5.41) is 8.83. The monoisotopic (exact) mass is 222 g/mol. The van der Waals surface area contributed by atoms with Gasteiger partial charge in [0.2, 0.25) is 0 Å². The molecule has 1 saturated carbocycles. The summed E-state index contributed by atoms with van der Waals surface area (Å²) in [7, 11) is 0. The first-order valence-corrected chi connectivity index (χ1v) is 6.54. The summed E-state index contributed by atoms with van der Waals surface area (Å²) in [5.41, 5.74) is 0.172. The van der Waals surface area contributed by atoms with Gasteiger partial charge >= 0.3 is 0 Å². The molecule has 1 spiro atoms. The van der Waals surface area contributed by atoms with E-state index in [0.29, 0.717) is 12.6 Å². The molecule has 90 valence electrons. The quantitative estimate of drug-likeness (QED) is 0.688. The number of nitriles is 1. The van der Waals surface area contributed by atoms with Crippen LogP contribution in [0, 0.1) is 11.3 Å². The smallest absolute Gasteiger partial charge is 0.0868 e. The predicted octanol–water partition coefficient (Wildman–Crippen LogP) is 2.32. The van der Waals surface area contributed by atoms with E-state index in [-0.39, 0.29) is 5.60 Å². The van der Waals surface area contributed by atoms with Crippen LogP contribution in [0.4, 0.5) is 0 Å². The van der Waals surface area contributed by atoms with Crippen molar-refractivity contribution < 1.29 is 4.74 Å². The highest BCUT2D eigenvalue weighted by Crippen LogP contribution is 2.41. The lowest BCUT2D eigenvalue weighted by atomic mass is 9.88. The van der Waals surface area contributed by atoms with Gasteiger partial charge in [0.25, 0.3) is 0 Å². The molecule has 0 aromatic rings. The van der Waals surface area contributed by atoms with Crippen molar-refractivity contribution in [1.29, 1.82) is 5.26 Å². The van der Waals surface area contributed by atoms with E-state index in [0.717, 1.165) is 26.0 Å². The van der Waals surface area contributed by atoms with Gasteiger partial charge in [-0.25, -0.2) is 0 Å². The third-order valence-corrected chi connectivity index (χ3v) is 4.18. The van der Waals surface area contributed by atoms with Crippen molar-refractivity contribution in [3.05, 3.63) is 0 Å². The Balaban J connectivity index is 1.97. The first kappa shape index (κ1) is 11.9. The molecule has 3 nitrogen and oxygen atoms in total. The summed E-state index contributed by atoms with van der Waals surface area (Å²) >= 11 is 0. The SMILES string of the molecule is CCN(CC#N)C1CCOC2(CCCC2)C1. The molecule has 0 aromatic heterocycles. The zero-order valence-electron chi connectivity index (χ0n) is 10.2.